The molecule has 7 heteroatoms. The van der Waals surface area contributed by atoms with Crippen LogP contribution in [0, 0.1) is 0 Å². The number of aromatic nitrogens is 4. The van der Waals surface area contributed by atoms with Crippen LogP contribution in [0.1, 0.15) is 11.3 Å². The summed E-state index contributed by atoms with van der Waals surface area (Å²) in [5.74, 6) is 0. The van der Waals surface area contributed by atoms with Crippen LogP contribution in [-0.4, -0.2) is 26.0 Å². The third-order valence-electron chi connectivity index (χ3n) is 4.20. The van der Waals surface area contributed by atoms with Gasteiger partial charge in [0.2, 0.25) is 0 Å². The van der Waals surface area contributed by atoms with E-state index in [1.54, 1.807) is 23.3 Å². The number of hydrogen-bond donors (Lipinski definition) is 2. The number of carbonyl (C=O) groups is 1. The van der Waals surface area contributed by atoms with Gasteiger partial charge in [-0.3, -0.25) is 4.98 Å². The number of rotatable bonds is 5. The first-order valence-corrected chi connectivity index (χ1v) is 8.59. The first kappa shape index (κ1) is 16.7. The molecular formula is C20H18N6O. The predicted molar refractivity (Wildman–Crippen MR) is 102 cm³/mol. The van der Waals surface area contributed by atoms with Crippen LogP contribution in [-0.2, 0) is 13.1 Å². The molecule has 0 aliphatic rings. The highest BCUT2D eigenvalue weighted by Gasteiger charge is 2.06. The number of carbonyl (C=O) groups excluding carboxylic acids is 1. The third kappa shape index (κ3) is 3.92. The minimum atomic E-state index is -0.251. The maximum absolute atomic E-state index is 12.1. The number of urea groups is 1. The van der Waals surface area contributed by atoms with Gasteiger partial charge in [0.05, 0.1) is 24.6 Å². The smallest absolute Gasteiger partial charge is 0.315 e. The maximum atomic E-state index is 12.1. The van der Waals surface area contributed by atoms with Crippen LogP contribution >= 0.6 is 0 Å². The molecule has 0 spiro atoms. The van der Waals surface area contributed by atoms with Crippen molar-refractivity contribution in [1.29, 1.82) is 0 Å². The Hall–Kier alpha value is -3.74. The average molecular weight is 358 g/mol. The Morgan fingerprint density at radius 3 is 2.70 bits per heavy atom. The number of pyridine rings is 1. The first-order valence-electron chi connectivity index (χ1n) is 8.59. The van der Waals surface area contributed by atoms with Gasteiger partial charge in [-0.25, -0.2) is 9.48 Å². The Morgan fingerprint density at radius 1 is 0.963 bits per heavy atom. The summed E-state index contributed by atoms with van der Waals surface area (Å²) in [6.45, 7) is 0.747. The van der Waals surface area contributed by atoms with Crippen molar-refractivity contribution in [2.75, 3.05) is 0 Å². The molecule has 0 radical (unpaired) electrons. The number of hydrogen-bond acceptors (Lipinski definition) is 4. The van der Waals surface area contributed by atoms with E-state index in [1.165, 1.54) is 0 Å². The number of nitrogens with one attached hydrogen (secondary N) is 2. The summed E-state index contributed by atoms with van der Waals surface area (Å²) in [6.07, 6.45) is 5.16. The molecule has 0 bridgehead atoms. The molecular weight excluding hydrogens is 340 g/mol. The lowest BCUT2D eigenvalue weighted by molar-refractivity contribution is 0.240. The van der Waals surface area contributed by atoms with Crippen molar-refractivity contribution < 1.29 is 4.79 Å². The molecule has 0 unspecified atom stereocenters. The van der Waals surface area contributed by atoms with E-state index in [0.29, 0.717) is 18.8 Å². The second kappa shape index (κ2) is 7.65. The fourth-order valence-electron chi connectivity index (χ4n) is 2.85. The van der Waals surface area contributed by atoms with Crippen molar-refractivity contribution in [3.63, 3.8) is 0 Å². The van der Waals surface area contributed by atoms with Gasteiger partial charge in [0.15, 0.2) is 0 Å². The molecule has 134 valence electrons. The van der Waals surface area contributed by atoms with E-state index in [-0.39, 0.29) is 6.03 Å². The topological polar surface area (TPSA) is 84.7 Å². The second-order valence-corrected chi connectivity index (χ2v) is 6.04. The van der Waals surface area contributed by atoms with Gasteiger partial charge in [0.1, 0.15) is 5.69 Å². The van der Waals surface area contributed by atoms with E-state index in [0.717, 1.165) is 22.0 Å². The zero-order valence-corrected chi connectivity index (χ0v) is 14.5. The molecule has 0 saturated carbocycles. The van der Waals surface area contributed by atoms with E-state index >= 15 is 0 Å². The molecule has 2 amide bonds. The fourth-order valence-corrected chi connectivity index (χ4v) is 2.85. The van der Waals surface area contributed by atoms with Crippen LogP contribution in [0.4, 0.5) is 4.79 Å². The lowest BCUT2D eigenvalue weighted by Crippen LogP contribution is -2.34. The van der Waals surface area contributed by atoms with Gasteiger partial charge < -0.3 is 10.6 Å². The summed E-state index contributed by atoms with van der Waals surface area (Å²) < 4.78 is 1.62. The van der Waals surface area contributed by atoms with Gasteiger partial charge in [-0.1, -0.05) is 47.7 Å². The highest BCUT2D eigenvalue weighted by Crippen LogP contribution is 2.18. The van der Waals surface area contributed by atoms with Gasteiger partial charge in [0.25, 0.3) is 0 Å². The van der Waals surface area contributed by atoms with Crippen molar-refractivity contribution in [2.45, 2.75) is 13.1 Å². The van der Waals surface area contributed by atoms with Gasteiger partial charge in [-0.05, 0) is 28.5 Å². The summed E-state index contributed by atoms with van der Waals surface area (Å²) in [5.41, 5.74) is 2.56. The maximum Gasteiger partial charge on any atom is 0.315 e. The molecule has 7 nitrogen and oxygen atoms in total. The average Bonchev–Trinajstić information content (AvgIpc) is 3.20. The quantitative estimate of drug-likeness (QED) is 0.574. The molecule has 0 saturated heterocycles. The van der Waals surface area contributed by atoms with E-state index < -0.39 is 0 Å². The van der Waals surface area contributed by atoms with Gasteiger partial charge in [-0.2, -0.15) is 0 Å². The molecule has 2 aromatic heterocycles. The monoisotopic (exact) mass is 358 g/mol. The number of fused-ring (bicyclic) bond motifs is 1. The summed E-state index contributed by atoms with van der Waals surface area (Å²) >= 11 is 0. The molecule has 0 aliphatic heterocycles. The minimum absolute atomic E-state index is 0.251. The van der Waals surface area contributed by atoms with Crippen molar-refractivity contribution >= 4 is 16.8 Å². The molecule has 27 heavy (non-hydrogen) atoms. The zero-order chi connectivity index (χ0) is 18.5. The molecule has 0 fully saturated rings. The lowest BCUT2D eigenvalue weighted by atomic mass is 10.0. The molecule has 4 rings (SSSR count). The number of nitrogens with zero attached hydrogens (tertiary/aromatic N) is 4. The Kier molecular flexibility index (Phi) is 4.74. The Balaban J connectivity index is 1.33. The summed E-state index contributed by atoms with van der Waals surface area (Å²) in [5, 5.41) is 16.1. The highest BCUT2D eigenvalue weighted by molar-refractivity contribution is 5.86. The van der Waals surface area contributed by atoms with Gasteiger partial charge >= 0.3 is 6.03 Å². The summed E-state index contributed by atoms with van der Waals surface area (Å²) in [6, 6.07) is 17.7. The fraction of sp³-hybridized carbons (Fsp3) is 0.100. The molecule has 4 aromatic rings. The minimum Gasteiger partial charge on any atom is -0.334 e. The molecule has 2 aromatic carbocycles. The van der Waals surface area contributed by atoms with Gasteiger partial charge in [0, 0.05) is 12.7 Å². The normalized spacial score (nSPS) is 10.7. The van der Waals surface area contributed by atoms with Crippen LogP contribution in [0.25, 0.3) is 16.5 Å². The Labute approximate surface area is 156 Å². The van der Waals surface area contributed by atoms with Crippen LogP contribution in [0.2, 0.25) is 0 Å². The second-order valence-electron chi connectivity index (χ2n) is 6.04. The first-order chi connectivity index (χ1) is 13.3. The highest BCUT2D eigenvalue weighted by atomic mass is 16.2. The van der Waals surface area contributed by atoms with Gasteiger partial charge in [-0.15, -0.1) is 5.10 Å². The summed E-state index contributed by atoms with van der Waals surface area (Å²) in [7, 11) is 0. The van der Waals surface area contributed by atoms with Crippen LogP contribution < -0.4 is 10.6 Å². The Morgan fingerprint density at radius 2 is 1.81 bits per heavy atom. The SMILES string of the molecule is O=C(NCc1cn(-c2cccnc2)nn1)NCc1cccc2ccccc12. The Bertz CT molecular complexity index is 1050. The lowest BCUT2D eigenvalue weighted by Gasteiger charge is -2.09. The van der Waals surface area contributed by atoms with E-state index in [9.17, 15) is 4.79 Å². The van der Waals surface area contributed by atoms with E-state index in [4.69, 9.17) is 0 Å². The molecule has 0 aliphatic carbocycles. The van der Waals surface area contributed by atoms with Crippen molar-refractivity contribution in [3.05, 3.63) is 84.4 Å². The summed E-state index contributed by atoms with van der Waals surface area (Å²) in [4.78, 5) is 16.2. The van der Waals surface area contributed by atoms with E-state index in [2.05, 4.69) is 44.1 Å². The number of benzene rings is 2. The van der Waals surface area contributed by atoms with Crippen LogP contribution in [0.5, 0.6) is 0 Å². The third-order valence-corrected chi connectivity index (χ3v) is 4.20. The van der Waals surface area contributed by atoms with Crippen molar-refractivity contribution in [1.82, 2.24) is 30.6 Å². The largest absolute Gasteiger partial charge is 0.334 e. The van der Waals surface area contributed by atoms with Crippen LogP contribution in [0.3, 0.4) is 0 Å². The van der Waals surface area contributed by atoms with E-state index in [1.807, 2.05) is 36.4 Å². The predicted octanol–water partition coefficient (Wildman–Crippen LogP) is 2.81. The molecule has 2 N–H and O–H groups in total. The van der Waals surface area contributed by atoms with Crippen molar-refractivity contribution in [3.8, 4) is 5.69 Å². The number of amides is 2. The molecule has 0 atom stereocenters. The van der Waals surface area contributed by atoms with Crippen molar-refractivity contribution in [2.24, 2.45) is 0 Å². The van der Waals surface area contributed by atoms with Crippen LogP contribution in [0.15, 0.2) is 73.2 Å². The molecule has 2 heterocycles. The standard InChI is InChI=1S/C20H18N6O/c27-20(22-11-16-7-3-6-15-5-1-2-9-19(15)16)23-12-17-14-26(25-24-17)18-8-4-10-21-13-18/h1-10,13-14H,11-12H2,(H2,22,23,27). The zero-order valence-electron chi connectivity index (χ0n) is 14.5.